The fraction of sp³-hybridized carbons (Fsp3) is 0.400. The van der Waals surface area contributed by atoms with Crippen molar-refractivity contribution in [3.05, 3.63) is 28.3 Å². The molecule has 7 nitrogen and oxygen atoms in total. The Bertz CT molecular complexity index is 561. The number of nitrogens with one attached hydrogen (secondary N) is 1. The maximum atomic E-state index is 12.0. The van der Waals surface area contributed by atoms with Gasteiger partial charge in [0.05, 0.1) is 18.1 Å². The summed E-state index contributed by atoms with van der Waals surface area (Å²) in [4.78, 5) is 9.83. The van der Waals surface area contributed by atoms with Crippen molar-refractivity contribution in [3.63, 3.8) is 0 Å². The van der Waals surface area contributed by atoms with Crippen LogP contribution in [0.3, 0.4) is 0 Å². The Morgan fingerprint density at radius 3 is 2.68 bits per heavy atom. The summed E-state index contributed by atoms with van der Waals surface area (Å²) in [5.74, 6) is 0.234. The van der Waals surface area contributed by atoms with E-state index in [9.17, 15) is 18.5 Å². The summed E-state index contributed by atoms with van der Waals surface area (Å²) in [6, 6.07) is 3.64. The van der Waals surface area contributed by atoms with Gasteiger partial charge in [-0.25, -0.2) is 13.1 Å². The smallest absolute Gasteiger partial charge is 0.293 e. The zero-order chi connectivity index (χ0) is 14.5. The van der Waals surface area contributed by atoms with Gasteiger partial charge in [0.25, 0.3) is 5.69 Å². The van der Waals surface area contributed by atoms with Gasteiger partial charge in [0, 0.05) is 11.0 Å². The average molecular weight is 400 g/mol. The van der Waals surface area contributed by atoms with Crippen LogP contribution < -0.4 is 9.46 Å². The molecule has 1 N–H and O–H groups in total. The van der Waals surface area contributed by atoms with E-state index in [4.69, 9.17) is 4.74 Å². The number of halogens is 1. The number of methoxy groups -OCH3 is 1. The molecular weight excluding hydrogens is 387 g/mol. The fourth-order valence-corrected chi connectivity index (χ4v) is 2.95. The van der Waals surface area contributed by atoms with Crippen molar-refractivity contribution in [2.24, 2.45) is 0 Å². The lowest BCUT2D eigenvalue weighted by Crippen LogP contribution is -2.25. The number of hydrogen-bond acceptors (Lipinski definition) is 5. The number of nitro benzene ring substituents is 1. The van der Waals surface area contributed by atoms with E-state index < -0.39 is 20.6 Å². The Morgan fingerprint density at radius 2 is 2.16 bits per heavy atom. The number of sulfonamides is 1. The van der Waals surface area contributed by atoms with E-state index in [1.54, 1.807) is 0 Å². The van der Waals surface area contributed by atoms with Crippen LogP contribution in [0.1, 0.15) is 6.42 Å². The summed E-state index contributed by atoms with van der Waals surface area (Å²) in [7, 11) is -2.53. The van der Waals surface area contributed by atoms with E-state index in [1.807, 2.05) is 0 Å². The van der Waals surface area contributed by atoms with E-state index in [0.29, 0.717) is 6.42 Å². The average Bonchev–Trinajstić information content (AvgIpc) is 2.38. The molecule has 0 saturated heterocycles. The molecule has 9 heteroatoms. The van der Waals surface area contributed by atoms with Crippen molar-refractivity contribution in [3.8, 4) is 5.75 Å². The standard InChI is InChI=1S/C10H13IN2O5S/c1-18-8-3-4-10(9(7-8)13(14)15)19(16,17)12-6-2-5-11/h3-4,7,12H,2,5-6H2,1H3. The van der Waals surface area contributed by atoms with Crippen LogP contribution in [0.4, 0.5) is 5.69 Å². The van der Waals surface area contributed by atoms with Crippen LogP contribution >= 0.6 is 22.6 Å². The molecule has 0 fully saturated rings. The van der Waals surface area contributed by atoms with Gasteiger partial charge >= 0.3 is 0 Å². The lowest BCUT2D eigenvalue weighted by molar-refractivity contribution is -0.387. The lowest BCUT2D eigenvalue weighted by Gasteiger charge is -2.07. The van der Waals surface area contributed by atoms with Crippen molar-refractivity contribution in [2.45, 2.75) is 11.3 Å². The van der Waals surface area contributed by atoms with E-state index in [2.05, 4.69) is 27.3 Å². The number of rotatable bonds is 7. The minimum atomic E-state index is -3.88. The molecule has 0 aliphatic carbocycles. The molecule has 106 valence electrons. The summed E-state index contributed by atoms with van der Waals surface area (Å²) in [6.45, 7) is 0.245. The van der Waals surface area contributed by atoms with Gasteiger partial charge in [0.2, 0.25) is 10.0 Å². The van der Waals surface area contributed by atoms with Crippen LogP contribution in [0.25, 0.3) is 0 Å². The molecule has 0 heterocycles. The first-order chi connectivity index (χ1) is 8.92. The summed E-state index contributed by atoms with van der Waals surface area (Å²) >= 11 is 2.12. The Balaban J connectivity index is 3.15. The van der Waals surface area contributed by atoms with Crippen LogP contribution in [0.5, 0.6) is 5.75 Å². The zero-order valence-electron chi connectivity index (χ0n) is 10.1. The molecule has 0 spiro atoms. The number of alkyl halides is 1. The molecule has 0 aliphatic heterocycles. The third-order valence-electron chi connectivity index (χ3n) is 2.25. The monoisotopic (exact) mass is 400 g/mol. The molecule has 0 amide bonds. The van der Waals surface area contributed by atoms with Crippen LogP contribution in [0.2, 0.25) is 0 Å². The van der Waals surface area contributed by atoms with Gasteiger partial charge in [-0.2, -0.15) is 0 Å². The Labute approximate surface area is 124 Å². The van der Waals surface area contributed by atoms with Gasteiger partial charge in [-0.1, -0.05) is 22.6 Å². The summed E-state index contributed by atoms with van der Waals surface area (Å²) in [6.07, 6.45) is 0.656. The van der Waals surface area contributed by atoms with Crippen molar-refractivity contribution in [2.75, 3.05) is 18.1 Å². The molecule has 19 heavy (non-hydrogen) atoms. The van der Waals surface area contributed by atoms with Crippen molar-refractivity contribution in [1.29, 1.82) is 0 Å². The van der Waals surface area contributed by atoms with Gasteiger partial charge in [-0.15, -0.1) is 0 Å². The molecular formula is C10H13IN2O5S. The SMILES string of the molecule is COc1ccc(S(=O)(=O)NCCCI)c([N+](=O)[O-])c1. The van der Waals surface area contributed by atoms with Gasteiger partial charge < -0.3 is 4.74 Å². The van der Waals surface area contributed by atoms with E-state index in [-0.39, 0.29) is 17.2 Å². The second kappa shape index (κ2) is 7.01. The summed E-state index contributed by atoms with van der Waals surface area (Å²) < 4.78 is 31.9. The van der Waals surface area contributed by atoms with Crippen LogP contribution in [0.15, 0.2) is 23.1 Å². The highest BCUT2D eigenvalue weighted by molar-refractivity contribution is 14.1. The Morgan fingerprint density at radius 1 is 1.47 bits per heavy atom. The molecule has 0 saturated carbocycles. The van der Waals surface area contributed by atoms with E-state index in [0.717, 1.165) is 10.5 Å². The van der Waals surface area contributed by atoms with Crippen LogP contribution in [-0.2, 0) is 10.0 Å². The van der Waals surface area contributed by atoms with Crippen LogP contribution in [-0.4, -0.2) is 31.4 Å². The predicted molar refractivity (Wildman–Crippen MR) is 78.3 cm³/mol. The normalized spacial score (nSPS) is 11.3. The van der Waals surface area contributed by atoms with Gasteiger partial charge in [0.1, 0.15) is 5.75 Å². The number of hydrogen-bond donors (Lipinski definition) is 1. The maximum absolute atomic E-state index is 12.0. The molecule has 0 bridgehead atoms. The predicted octanol–water partition coefficient (Wildman–Crippen LogP) is 1.71. The summed E-state index contributed by atoms with van der Waals surface area (Å²) in [5.41, 5.74) is -0.499. The zero-order valence-corrected chi connectivity index (χ0v) is 13.1. The Hall–Kier alpha value is -0.940. The quantitative estimate of drug-likeness (QED) is 0.247. The molecule has 1 rings (SSSR count). The largest absolute Gasteiger partial charge is 0.497 e. The van der Waals surface area contributed by atoms with E-state index in [1.165, 1.54) is 19.2 Å². The molecule has 1 aromatic carbocycles. The highest BCUT2D eigenvalue weighted by Gasteiger charge is 2.25. The van der Waals surface area contributed by atoms with Crippen molar-refractivity contribution in [1.82, 2.24) is 4.72 Å². The second-order valence-corrected chi connectivity index (χ2v) is 6.35. The highest BCUT2D eigenvalue weighted by Crippen LogP contribution is 2.28. The third kappa shape index (κ3) is 4.28. The van der Waals surface area contributed by atoms with Crippen molar-refractivity contribution < 1.29 is 18.1 Å². The second-order valence-electron chi connectivity index (χ2n) is 3.53. The molecule has 0 atom stereocenters. The topological polar surface area (TPSA) is 98.5 Å². The van der Waals surface area contributed by atoms with Crippen molar-refractivity contribution >= 4 is 38.3 Å². The lowest BCUT2D eigenvalue weighted by atomic mass is 10.3. The van der Waals surface area contributed by atoms with Crippen LogP contribution in [0, 0.1) is 10.1 Å². The minimum absolute atomic E-state index is 0.234. The van der Waals surface area contributed by atoms with Gasteiger partial charge in [-0.05, 0) is 18.6 Å². The first kappa shape index (κ1) is 16.1. The molecule has 0 unspecified atom stereocenters. The third-order valence-corrected chi connectivity index (χ3v) is 4.53. The number of nitro groups is 1. The number of nitrogens with zero attached hydrogens (tertiary/aromatic N) is 1. The molecule has 1 aromatic rings. The minimum Gasteiger partial charge on any atom is -0.497 e. The first-order valence-corrected chi connectivity index (χ1v) is 8.31. The fourth-order valence-electron chi connectivity index (χ4n) is 1.35. The highest BCUT2D eigenvalue weighted by atomic mass is 127. The van der Waals surface area contributed by atoms with E-state index >= 15 is 0 Å². The Kier molecular flexibility index (Phi) is 5.94. The number of ether oxygens (including phenoxy) is 1. The molecule has 0 aliphatic rings. The van der Waals surface area contributed by atoms with Gasteiger partial charge in [-0.3, -0.25) is 10.1 Å². The summed E-state index contributed by atoms with van der Waals surface area (Å²) in [5, 5.41) is 10.9. The maximum Gasteiger partial charge on any atom is 0.293 e. The number of benzene rings is 1. The van der Waals surface area contributed by atoms with Gasteiger partial charge in [0.15, 0.2) is 4.90 Å². The molecule has 0 aromatic heterocycles. The first-order valence-electron chi connectivity index (χ1n) is 5.30. The molecule has 0 radical (unpaired) electrons.